The fourth-order valence-corrected chi connectivity index (χ4v) is 2.55. The van der Waals surface area contributed by atoms with E-state index in [0.717, 1.165) is 4.90 Å². The number of hydrogen-bond donors (Lipinski definition) is 1. The van der Waals surface area contributed by atoms with E-state index in [9.17, 15) is 14.0 Å². The first kappa shape index (κ1) is 12.6. The van der Waals surface area contributed by atoms with Gasteiger partial charge in [0.15, 0.2) is 0 Å². The van der Waals surface area contributed by atoms with Crippen LogP contribution in [-0.4, -0.2) is 33.3 Å². The van der Waals surface area contributed by atoms with E-state index in [4.69, 9.17) is 5.73 Å². The van der Waals surface area contributed by atoms with Crippen LogP contribution in [0, 0.1) is 5.82 Å². The third-order valence-electron chi connectivity index (χ3n) is 3.61. The first-order valence-electron chi connectivity index (χ1n) is 6.22. The number of halogens is 1. The molecule has 2 N–H and O–H groups in total. The fraction of sp³-hybridized carbons (Fsp3) is 0.308. The van der Waals surface area contributed by atoms with Crippen molar-refractivity contribution in [3.05, 3.63) is 24.0 Å². The number of nitrogen functional groups attached to an aromatic ring is 1. The molecule has 1 unspecified atom stereocenters. The number of fused-ring (bicyclic) bond motifs is 1. The Morgan fingerprint density at radius 2 is 2.15 bits per heavy atom. The number of rotatable bonds is 1. The second-order valence-electron chi connectivity index (χ2n) is 4.82. The number of benzene rings is 1. The van der Waals surface area contributed by atoms with Gasteiger partial charge in [-0.25, -0.2) is 9.37 Å². The number of piperidine rings is 1. The summed E-state index contributed by atoms with van der Waals surface area (Å²) in [5, 5.41) is 0. The maximum atomic E-state index is 13.4. The number of likely N-dealkylation sites (tertiary alicyclic amines) is 1. The second-order valence-corrected chi connectivity index (χ2v) is 4.82. The minimum absolute atomic E-state index is 0.145. The molecule has 0 aliphatic carbocycles. The summed E-state index contributed by atoms with van der Waals surface area (Å²) in [6.45, 7) is 0. The summed E-state index contributed by atoms with van der Waals surface area (Å²) >= 11 is 0. The monoisotopic (exact) mass is 276 g/mol. The van der Waals surface area contributed by atoms with Gasteiger partial charge in [-0.3, -0.25) is 19.1 Å². The Kier molecular flexibility index (Phi) is 2.70. The SMILES string of the molecule is CN1C(=O)CCC(n2c(N)nc3ccc(F)cc32)C1=O. The van der Waals surface area contributed by atoms with Crippen molar-refractivity contribution in [1.82, 2.24) is 14.5 Å². The van der Waals surface area contributed by atoms with Gasteiger partial charge in [-0.05, 0) is 24.6 Å². The number of likely N-dealkylation sites (N-methyl/N-ethyl adjacent to an activating group) is 1. The third-order valence-corrected chi connectivity index (χ3v) is 3.61. The molecule has 1 aliphatic rings. The Morgan fingerprint density at radius 3 is 2.90 bits per heavy atom. The number of nitrogens with zero attached hydrogens (tertiary/aromatic N) is 3. The average Bonchev–Trinajstić information content (AvgIpc) is 2.72. The molecule has 6 nitrogen and oxygen atoms in total. The number of carbonyl (C=O) groups excluding carboxylic acids is 2. The standard InChI is InChI=1S/C13H13FN4O2/c1-17-11(19)5-4-9(12(17)20)18-10-6-7(14)2-3-8(10)16-13(18)15/h2-3,6,9H,4-5H2,1H3,(H2,15,16). The van der Waals surface area contributed by atoms with Gasteiger partial charge in [-0.15, -0.1) is 0 Å². The van der Waals surface area contributed by atoms with Gasteiger partial charge < -0.3 is 5.73 Å². The summed E-state index contributed by atoms with van der Waals surface area (Å²) < 4.78 is 14.9. The second kappa shape index (κ2) is 4.29. The van der Waals surface area contributed by atoms with Crippen molar-refractivity contribution in [3.8, 4) is 0 Å². The Balaban J connectivity index is 2.14. The zero-order valence-electron chi connectivity index (χ0n) is 10.8. The molecule has 7 heteroatoms. The molecule has 2 aromatic rings. The van der Waals surface area contributed by atoms with Crippen LogP contribution in [0.1, 0.15) is 18.9 Å². The van der Waals surface area contributed by atoms with Gasteiger partial charge in [0.2, 0.25) is 11.9 Å². The van der Waals surface area contributed by atoms with Crippen LogP contribution < -0.4 is 5.73 Å². The smallest absolute Gasteiger partial charge is 0.252 e. The van der Waals surface area contributed by atoms with Gasteiger partial charge in [0.05, 0.1) is 11.0 Å². The topological polar surface area (TPSA) is 81.2 Å². The molecule has 2 heterocycles. The lowest BCUT2D eigenvalue weighted by molar-refractivity contribution is -0.149. The predicted octanol–water partition coefficient (Wildman–Crippen LogP) is 1.08. The van der Waals surface area contributed by atoms with Crippen molar-refractivity contribution in [2.45, 2.75) is 18.9 Å². The van der Waals surface area contributed by atoms with Crippen LogP contribution in [0.2, 0.25) is 0 Å². The van der Waals surface area contributed by atoms with Crippen LogP contribution >= 0.6 is 0 Å². The van der Waals surface area contributed by atoms with Crippen molar-refractivity contribution < 1.29 is 14.0 Å². The van der Waals surface area contributed by atoms with E-state index in [1.807, 2.05) is 0 Å². The lowest BCUT2D eigenvalue weighted by atomic mass is 10.0. The highest BCUT2D eigenvalue weighted by Crippen LogP contribution is 2.30. The van der Waals surface area contributed by atoms with E-state index >= 15 is 0 Å². The summed E-state index contributed by atoms with van der Waals surface area (Å²) in [6, 6.07) is 3.48. The highest BCUT2D eigenvalue weighted by Gasteiger charge is 2.34. The third kappa shape index (κ3) is 1.74. The molecule has 3 rings (SSSR count). The zero-order valence-corrected chi connectivity index (χ0v) is 10.8. The normalized spacial score (nSPS) is 19.9. The molecule has 104 valence electrons. The lowest BCUT2D eigenvalue weighted by Gasteiger charge is -2.29. The summed E-state index contributed by atoms with van der Waals surface area (Å²) in [5.74, 6) is -0.852. The maximum Gasteiger partial charge on any atom is 0.252 e. The van der Waals surface area contributed by atoms with Crippen molar-refractivity contribution in [3.63, 3.8) is 0 Å². The molecule has 0 saturated carbocycles. The minimum atomic E-state index is -0.621. The first-order chi connectivity index (χ1) is 9.49. The molecule has 0 bridgehead atoms. The molecule has 0 radical (unpaired) electrons. The number of hydrogen-bond acceptors (Lipinski definition) is 4. The Labute approximate surface area is 114 Å². The van der Waals surface area contributed by atoms with Crippen LogP contribution in [0.15, 0.2) is 18.2 Å². The van der Waals surface area contributed by atoms with Crippen LogP contribution in [0.5, 0.6) is 0 Å². The number of amides is 2. The maximum absolute atomic E-state index is 13.4. The van der Waals surface area contributed by atoms with Crippen LogP contribution in [0.25, 0.3) is 11.0 Å². The Morgan fingerprint density at radius 1 is 1.40 bits per heavy atom. The first-order valence-corrected chi connectivity index (χ1v) is 6.22. The summed E-state index contributed by atoms with van der Waals surface area (Å²) in [7, 11) is 1.44. The van der Waals surface area contributed by atoms with Crippen LogP contribution in [0.4, 0.5) is 10.3 Å². The van der Waals surface area contributed by atoms with Crippen LogP contribution in [0.3, 0.4) is 0 Å². The van der Waals surface area contributed by atoms with E-state index in [2.05, 4.69) is 4.98 Å². The van der Waals surface area contributed by atoms with Gasteiger partial charge in [-0.1, -0.05) is 0 Å². The van der Waals surface area contributed by atoms with Gasteiger partial charge in [0.25, 0.3) is 5.91 Å². The number of imidazole rings is 1. The molecular weight excluding hydrogens is 263 g/mol. The van der Waals surface area contributed by atoms with Crippen molar-refractivity contribution in [2.24, 2.45) is 0 Å². The molecule has 2 amide bonds. The number of aromatic nitrogens is 2. The van der Waals surface area contributed by atoms with Crippen molar-refractivity contribution >= 4 is 28.8 Å². The van der Waals surface area contributed by atoms with Crippen molar-refractivity contribution in [2.75, 3.05) is 12.8 Å². The number of imide groups is 1. The van der Waals surface area contributed by atoms with Gasteiger partial charge in [0.1, 0.15) is 11.9 Å². The molecule has 1 aliphatic heterocycles. The Hall–Kier alpha value is -2.44. The average molecular weight is 276 g/mol. The van der Waals surface area contributed by atoms with Gasteiger partial charge in [0, 0.05) is 13.5 Å². The molecule has 0 spiro atoms. The summed E-state index contributed by atoms with van der Waals surface area (Å²) in [6.07, 6.45) is 0.593. The minimum Gasteiger partial charge on any atom is -0.369 e. The van der Waals surface area contributed by atoms with E-state index < -0.39 is 11.9 Å². The Bertz CT molecular complexity index is 724. The molecule has 1 saturated heterocycles. The zero-order chi connectivity index (χ0) is 14.4. The molecule has 1 aromatic heterocycles. The largest absolute Gasteiger partial charge is 0.369 e. The fourth-order valence-electron chi connectivity index (χ4n) is 2.55. The number of nitrogens with two attached hydrogens (primary N) is 1. The van der Waals surface area contributed by atoms with Gasteiger partial charge >= 0.3 is 0 Å². The summed E-state index contributed by atoms with van der Waals surface area (Å²) in [4.78, 5) is 28.9. The van der Waals surface area contributed by atoms with Gasteiger partial charge in [-0.2, -0.15) is 0 Å². The predicted molar refractivity (Wildman–Crippen MR) is 70.2 cm³/mol. The number of carbonyl (C=O) groups is 2. The van der Waals surface area contributed by atoms with E-state index in [-0.39, 0.29) is 24.2 Å². The van der Waals surface area contributed by atoms with E-state index in [1.165, 1.54) is 29.8 Å². The van der Waals surface area contributed by atoms with Crippen molar-refractivity contribution in [1.29, 1.82) is 0 Å². The molecular formula is C13H13FN4O2. The quantitative estimate of drug-likeness (QED) is 0.790. The lowest BCUT2D eigenvalue weighted by Crippen LogP contribution is -2.43. The van der Waals surface area contributed by atoms with E-state index in [1.54, 1.807) is 0 Å². The number of anilines is 1. The molecule has 20 heavy (non-hydrogen) atoms. The highest BCUT2D eigenvalue weighted by atomic mass is 19.1. The van der Waals surface area contributed by atoms with E-state index in [0.29, 0.717) is 17.5 Å². The summed E-state index contributed by atoms with van der Waals surface area (Å²) in [5.41, 5.74) is 6.84. The van der Waals surface area contributed by atoms with Crippen LogP contribution in [-0.2, 0) is 9.59 Å². The highest BCUT2D eigenvalue weighted by molar-refractivity contribution is 6.00. The molecule has 1 fully saturated rings. The molecule has 1 atom stereocenters. The molecule has 1 aromatic carbocycles.